The molecule has 0 amide bonds. The predicted octanol–water partition coefficient (Wildman–Crippen LogP) is 4.17. The van der Waals surface area contributed by atoms with E-state index in [0.717, 1.165) is 0 Å². The molecule has 0 aliphatic carbocycles. The van der Waals surface area contributed by atoms with Crippen LogP contribution in [0.1, 0.15) is 17.2 Å². The van der Waals surface area contributed by atoms with Crippen molar-refractivity contribution in [3.8, 4) is 0 Å². The lowest BCUT2D eigenvalue weighted by Gasteiger charge is -2.13. The number of aliphatic hydroxyl groups is 1. The summed E-state index contributed by atoms with van der Waals surface area (Å²) in [6.45, 7) is 0. The van der Waals surface area contributed by atoms with Gasteiger partial charge in [-0.1, -0.05) is 29.8 Å². The standard InChI is InChI=1S/C13H9ClFIO/c14-9-3-1-2-8(6-9)13(17)11-5-4-10(15)7-12(11)16/h1-7,13,17H. The first kappa shape index (κ1) is 12.8. The molecule has 1 unspecified atom stereocenters. The van der Waals surface area contributed by atoms with Crippen molar-refractivity contribution < 1.29 is 9.50 Å². The summed E-state index contributed by atoms with van der Waals surface area (Å²) in [5.41, 5.74) is 1.37. The van der Waals surface area contributed by atoms with Crippen molar-refractivity contribution >= 4 is 34.2 Å². The van der Waals surface area contributed by atoms with Crippen LogP contribution in [0.5, 0.6) is 0 Å². The second-order valence-electron chi connectivity index (χ2n) is 3.62. The molecule has 0 saturated carbocycles. The van der Waals surface area contributed by atoms with E-state index >= 15 is 0 Å². The van der Waals surface area contributed by atoms with E-state index in [0.29, 0.717) is 19.7 Å². The zero-order valence-corrected chi connectivity index (χ0v) is 11.6. The van der Waals surface area contributed by atoms with E-state index in [1.165, 1.54) is 12.1 Å². The number of rotatable bonds is 2. The minimum atomic E-state index is -0.791. The monoisotopic (exact) mass is 362 g/mol. The van der Waals surface area contributed by atoms with Crippen LogP contribution in [-0.2, 0) is 0 Å². The molecular weight excluding hydrogens is 353 g/mol. The van der Waals surface area contributed by atoms with Gasteiger partial charge >= 0.3 is 0 Å². The van der Waals surface area contributed by atoms with Crippen molar-refractivity contribution in [3.63, 3.8) is 0 Å². The quantitative estimate of drug-likeness (QED) is 0.795. The largest absolute Gasteiger partial charge is 0.384 e. The molecule has 2 aromatic rings. The fraction of sp³-hybridized carbons (Fsp3) is 0.0769. The predicted molar refractivity (Wildman–Crippen MR) is 74.6 cm³/mol. The van der Waals surface area contributed by atoms with Crippen LogP contribution < -0.4 is 0 Å². The first-order valence-corrected chi connectivity index (χ1v) is 6.42. The van der Waals surface area contributed by atoms with Crippen LogP contribution in [0.15, 0.2) is 42.5 Å². The lowest BCUT2D eigenvalue weighted by Crippen LogP contribution is -2.02. The Bertz CT molecular complexity index is 545. The normalized spacial score (nSPS) is 12.5. The molecule has 0 aliphatic rings. The van der Waals surface area contributed by atoms with Gasteiger partial charge in [-0.25, -0.2) is 4.39 Å². The number of halogens is 3. The molecule has 0 bridgehead atoms. The minimum Gasteiger partial charge on any atom is -0.384 e. The molecule has 2 aromatic carbocycles. The molecule has 0 spiro atoms. The molecule has 4 heteroatoms. The number of aliphatic hydroxyl groups excluding tert-OH is 1. The molecule has 1 atom stereocenters. The Morgan fingerprint density at radius 1 is 1.18 bits per heavy atom. The van der Waals surface area contributed by atoms with Crippen molar-refractivity contribution in [2.75, 3.05) is 0 Å². The van der Waals surface area contributed by atoms with Gasteiger partial charge in [0.15, 0.2) is 0 Å². The van der Waals surface area contributed by atoms with Gasteiger partial charge in [0.25, 0.3) is 0 Å². The zero-order chi connectivity index (χ0) is 12.4. The van der Waals surface area contributed by atoms with Gasteiger partial charge in [-0.05, 0) is 58.0 Å². The second-order valence-corrected chi connectivity index (χ2v) is 5.22. The van der Waals surface area contributed by atoms with Gasteiger partial charge in [0, 0.05) is 8.59 Å². The summed E-state index contributed by atoms with van der Waals surface area (Å²) >= 11 is 7.87. The third-order valence-electron chi connectivity index (χ3n) is 2.42. The van der Waals surface area contributed by atoms with Gasteiger partial charge in [-0.2, -0.15) is 0 Å². The summed E-state index contributed by atoms with van der Waals surface area (Å²) in [4.78, 5) is 0. The summed E-state index contributed by atoms with van der Waals surface area (Å²) in [6.07, 6.45) is -0.791. The molecule has 1 nitrogen and oxygen atoms in total. The molecule has 17 heavy (non-hydrogen) atoms. The molecule has 1 N–H and O–H groups in total. The SMILES string of the molecule is OC(c1cccc(Cl)c1)c1ccc(F)cc1I. The Hall–Kier alpha value is -0.650. The first-order valence-electron chi connectivity index (χ1n) is 4.96. The third kappa shape index (κ3) is 2.97. The van der Waals surface area contributed by atoms with Crippen LogP contribution in [0.25, 0.3) is 0 Å². The van der Waals surface area contributed by atoms with Crippen molar-refractivity contribution in [1.29, 1.82) is 0 Å². The van der Waals surface area contributed by atoms with Crippen LogP contribution in [0.3, 0.4) is 0 Å². The highest BCUT2D eigenvalue weighted by Gasteiger charge is 2.14. The third-order valence-corrected chi connectivity index (χ3v) is 3.59. The summed E-state index contributed by atoms with van der Waals surface area (Å²) in [6, 6.07) is 11.3. The topological polar surface area (TPSA) is 20.2 Å². The number of hydrogen-bond donors (Lipinski definition) is 1. The van der Waals surface area contributed by atoms with Crippen molar-refractivity contribution in [3.05, 3.63) is 68.0 Å². The Morgan fingerprint density at radius 3 is 2.59 bits per heavy atom. The summed E-state index contributed by atoms with van der Waals surface area (Å²) in [7, 11) is 0. The molecule has 2 rings (SSSR count). The Labute approximate surface area is 117 Å². The van der Waals surface area contributed by atoms with Gasteiger partial charge in [-0.3, -0.25) is 0 Å². The number of hydrogen-bond acceptors (Lipinski definition) is 1. The number of benzene rings is 2. The maximum atomic E-state index is 13.0. The highest BCUT2D eigenvalue weighted by atomic mass is 127. The average molecular weight is 363 g/mol. The highest BCUT2D eigenvalue weighted by molar-refractivity contribution is 14.1. The Balaban J connectivity index is 2.40. The van der Waals surface area contributed by atoms with Gasteiger partial charge < -0.3 is 5.11 Å². The Morgan fingerprint density at radius 2 is 1.94 bits per heavy atom. The maximum absolute atomic E-state index is 13.0. The van der Waals surface area contributed by atoms with E-state index in [4.69, 9.17) is 11.6 Å². The van der Waals surface area contributed by atoms with E-state index in [2.05, 4.69) is 0 Å². The van der Waals surface area contributed by atoms with Crippen molar-refractivity contribution in [2.45, 2.75) is 6.10 Å². The molecule has 88 valence electrons. The van der Waals surface area contributed by atoms with Gasteiger partial charge in [0.05, 0.1) is 0 Å². The van der Waals surface area contributed by atoms with Crippen LogP contribution in [0, 0.1) is 9.39 Å². The smallest absolute Gasteiger partial charge is 0.124 e. The molecule has 0 radical (unpaired) electrons. The molecule has 0 saturated heterocycles. The van der Waals surface area contributed by atoms with Crippen molar-refractivity contribution in [1.82, 2.24) is 0 Å². The second kappa shape index (κ2) is 5.33. The van der Waals surface area contributed by atoms with E-state index < -0.39 is 6.10 Å². The first-order chi connectivity index (χ1) is 8.08. The van der Waals surface area contributed by atoms with Crippen LogP contribution in [0.4, 0.5) is 4.39 Å². The van der Waals surface area contributed by atoms with Crippen LogP contribution in [-0.4, -0.2) is 5.11 Å². The van der Waals surface area contributed by atoms with E-state index in [1.807, 2.05) is 22.6 Å². The lowest BCUT2D eigenvalue weighted by molar-refractivity contribution is 0.219. The molecule has 0 aromatic heterocycles. The van der Waals surface area contributed by atoms with Crippen molar-refractivity contribution in [2.24, 2.45) is 0 Å². The molecule has 0 fully saturated rings. The summed E-state index contributed by atoms with van der Waals surface area (Å²) in [5.74, 6) is -0.309. The van der Waals surface area contributed by atoms with Crippen LogP contribution in [0.2, 0.25) is 5.02 Å². The fourth-order valence-electron chi connectivity index (χ4n) is 1.58. The van der Waals surface area contributed by atoms with Gasteiger partial charge in [-0.15, -0.1) is 0 Å². The van der Waals surface area contributed by atoms with E-state index in [9.17, 15) is 9.50 Å². The van der Waals surface area contributed by atoms with Crippen LogP contribution >= 0.6 is 34.2 Å². The summed E-state index contributed by atoms with van der Waals surface area (Å²) < 4.78 is 13.7. The Kier molecular flexibility index (Phi) is 4.01. The summed E-state index contributed by atoms with van der Waals surface area (Å²) in [5, 5.41) is 10.8. The molecule has 0 aliphatic heterocycles. The average Bonchev–Trinajstić information content (AvgIpc) is 2.28. The van der Waals surface area contributed by atoms with Gasteiger partial charge in [0.1, 0.15) is 11.9 Å². The molecular formula is C13H9ClFIO. The maximum Gasteiger partial charge on any atom is 0.124 e. The zero-order valence-electron chi connectivity index (χ0n) is 8.70. The fourth-order valence-corrected chi connectivity index (χ4v) is 2.55. The van der Waals surface area contributed by atoms with E-state index in [1.54, 1.807) is 30.3 Å². The van der Waals surface area contributed by atoms with E-state index in [-0.39, 0.29) is 5.82 Å². The molecule has 0 heterocycles. The lowest BCUT2D eigenvalue weighted by atomic mass is 10.0. The van der Waals surface area contributed by atoms with Gasteiger partial charge in [0.2, 0.25) is 0 Å². The highest BCUT2D eigenvalue weighted by Crippen LogP contribution is 2.28. The minimum absolute atomic E-state index is 0.309.